The van der Waals surface area contributed by atoms with Crippen LogP contribution in [0.25, 0.3) is 0 Å². The smallest absolute Gasteiger partial charge is 0.319 e. The van der Waals surface area contributed by atoms with E-state index < -0.39 is 0 Å². The molecule has 0 heterocycles. The van der Waals surface area contributed by atoms with Gasteiger partial charge in [0.25, 0.3) is 0 Å². The van der Waals surface area contributed by atoms with Crippen LogP contribution in [0.15, 0.2) is 24.3 Å². The number of para-hydroxylation sites is 1. The summed E-state index contributed by atoms with van der Waals surface area (Å²) >= 11 is 0. The highest BCUT2D eigenvalue weighted by Gasteiger charge is 2.27. The maximum Gasteiger partial charge on any atom is 0.319 e. The molecule has 1 rings (SSSR count). The minimum absolute atomic E-state index is 0.0756. The third-order valence-corrected chi connectivity index (χ3v) is 3.21. The number of esters is 1. The molecule has 0 aliphatic rings. The summed E-state index contributed by atoms with van der Waals surface area (Å²) in [4.78, 5) is 11.4. The van der Waals surface area contributed by atoms with Crippen molar-refractivity contribution < 1.29 is 14.3 Å². The highest BCUT2D eigenvalue weighted by Crippen LogP contribution is 2.35. The van der Waals surface area contributed by atoms with Crippen molar-refractivity contribution in [3.05, 3.63) is 29.8 Å². The molecule has 0 aliphatic heterocycles. The van der Waals surface area contributed by atoms with Crippen LogP contribution in [0.2, 0.25) is 0 Å². The molecule has 0 bridgehead atoms. The van der Waals surface area contributed by atoms with Gasteiger partial charge in [-0.1, -0.05) is 32.0 Å². The van der Waals surface area contributed by atoms with E-state index in [1.54, 1.807) is 7.11 Å². The van der Waals surface area contributed by atoms with Crippen molar-refractivity contribution in [3.63, 3.8) is 0 Å². The van der Waals surface area contributed by atoms with Crippen LogP contribution in [0.4, 0.5) is 0 Å². The SMILES string of the molecule is COc1ccccc1[C@H](C(C)C)C(C)OC(=O)CN. The maximum absolute atomic E-state index is 11.4. The van der Waals surface area contributed by atoms with E-state index in [1.165, 1.54) is 0 Å². The topological polar surface area (TPSA) is 61.5 Å². The predicted octanol–water partition coefficient (Wildman–Crippen LogP) is 2.33. The molecule has 1 aromatic rings. The number of carbonyl (C=O) groups is 1. The van der Waals surface area contributed by atoms with Gasteiger partial charge in [0.15, 0.2) is 0 Å². The number of carbonyl (C=O) groups excluding carboxylic acids is 1. The molecular weight excluding hydrogens is 242 g/mol. The molecule has 1 unspecified atom stereocenters. The minimum Gasteiger partial charge on any atom is -0.496 e. The fraction of sp³-hybridized carbons (Fsp3) is 0.533. The first-order valence-corrected chi connectivity index (χ1v) is 6.53. The Labute approximate surface area is 114 Å². The van der Waals surface area contributed by atoms with Crippen molar-refractivity contribution in [2.24, 2.45) is 11.7 Å². The normalized spacial score (nSPS) is 14.0. The van der Waals surface area contributed by atoms with Crippen LogP contribution in [-0.4, -0.2) is 25.7 Å². The minimum atomic E-state index is -0.381. The van der Waals surface area contributed by atoms with Crippen molar-refractivity contribution in [1.29, 1.82) is 0 Å². The molecule has 0 saturated heterocycles. The van der Waals surface area contributed by atoms with Gasteiger partial charge in [0, 0.05) is 11.5 Å². The lowest BCUT2D eigenvalue weighted by atomic mass is 9.84. The van der Waals surface area contributed by atoms with E-state index in [0.29, 0.717) is 5.92 Å². The van der Waals surface area contributed by atoms with E-state index in [-0.39, 0.29) is 24.5 Å². The average Bonchev–Trinajstić information content (AvgIpc) is 2.38. The van der Waals surface area contributed by atoms with Crippen LogP contribution in [0.5, 0.6) is 5.75 Å². The molecule has 2 atom stereocenters. The van der Waals surface area contributed by atoms with Crippen LogP contribution in [0, 0.1) is 5.92 Å². The molecule has 0 amide bonds. The molecule has 0 aromatic heterocycles. The first-order chi connectivity index (χ1) is 9.01. The standard InChI is InChI=1S/C15H23NO3/c1-10(2)15(11(3)19-14(17)9-16)12-7-5-6-8-13(12)18-4/h5-8,10-11,15H,9,16H2,1-4H3/t11?,15-/m1/s1. The fourth-order valence-electron chi connectivity index (χ4n) is 2.42. The molecule has 106 valence electrons. The summed E-state index contributed by atoms with van der Waals surface area (Å²) in [5.74, 6) is 0.827. The third-order valence-electron chi connectivity index (χ3n) is 3.21. The van der Waals surface area contributed by atoms with E-state index in [9.17, 15) is 4.79 Å². The van der Waals surface area contributed by atoms with Crippen molar-refractivity contribution in [1.82, 2.24) is 0 Å². The average molecular weight is 265 g/mol. The van der Waals surface area contributed by atoms with Crippen molar-refractivity contribution >= 4 is 5.97 Å². The van der Waals surface area contributed by atoms with E-state index in [1.807, 2.05) is 31.2 Å². The fourth-order valence-corrected chi connectivity index (χ4v) is 2.42. The van der Waals surface area contributed by atoms with Gasteiger partial charge in [0.1, 0.15) is 11.9 Å². The second kappa shape index (κ2) is 7.14. The second-order valence-electron chi connectivity index (χ2n) is 4.91. The van der Waals surface area contributed by atoms with Crippen molar-refractivity contribution in [3.8, 4) is 5.75 Å². The first kappa shape index (κ1) is 15.5. The molecule has 0 fully saturated rings. The quantitative estimate of drug-likeness (QED) is 0.802. The molecule has 4 heteroatoms. The zero-order valence-electron chi connectivity index (χ0n) is 12.1. The molecular formula is C15H23NO3. The van der Waals surface area contributed by atoms with Gasteiger partial charge in [-0.05, 0) is 18.9 Å². The van der Waals surface area contributed by atoms with Gasteiger partial charge in [0.05, 0.1) is 13.7 Å². The third kappa shape index (κ3) is 3.96. The number of benzene rings is 1. The molecule has 2 N–H and O–H groups in total. The number of methoxy groups -OCH3 is 1. The van der Waals surface area contributed by atoms with Crippen molar-refractivity contribution in [2.75, 3.05) is 13.7 Å². The Bertz CT molecular complexity index is 418. The highest BCUT2D eigenvalue weighted by atomic mass is 16.5. The van der Waals surface area contributed by atoms with Gasteiger partial charge >= 0.3 is 5.97 Å². The van der Waals surface area contributed by atoms with E-state index in [4.69, 9.17) is 15.2 Å². The maximum atomic E-state index is 11.4. The molecule has 4 nitrogen and oxygen atoms in total. The lowest BCUT2D eigenvalue weighted by Gasteiger charge is -2.28. The predicted molar refractivity (Wildman–Crippen MR) is 75.2 cm³/mol. The van der Waals surface area contributed by atoms with Gasteiger partial charge in [-0.15, -0.1) is 0 Å². The molecule has 0 saturated carbocycles. The lowest BCUT2D eigenvalue weighted by Crippen LogP contribution is -2.29. The number of ether oxygens (including phenoxy) is 2. The molecule has 0 radical (unpaired) electrons. The molecule has 0 spiro atoms. The highest BCUT2D eigenvalue weighted by molar-refractivity contribution is 5.71. The molecule has 1 aromatic carbocycles. The number of hydrogen-bond acceptors (Lipinski definition) is 4. The summed E-state index contributed by atoms with van der Waals surface area (Å²) in [6.45, 7) is 6.00. The Morgan fingerprint density at radius 3 is 2.42 bits per heavy atom. The van der Waals surface area contributed by atoms with Gasteiger partial charge in [0.2, 0.25) is 0 Å². The summed E-state index contributed by atoms with van der Waals surface area (Å²) in [6.07, 6.45) is -0.243. The lowest BCUT2D eigenvalue weighted by molar-refractivity contribution is -0.148. The van der Waals surface area contributed by atoms with Crippen LogP contribution >= 0.6 is 0 Å². The summed E-state index contributed by atoms with van der Waals surface area (Å²) < 4.78 is 10.8. The zero-order valence-corrected chi connectivity index (χ0v) is 12.1. The van der Waals surface area contributed by atoms with Crippen LogP contribution < -0.4 is 10.5 Å². The summed E-state index contributed by atoms with van der Waals surface area (Å²) in [7, 11) is 1.65. The Morgan fingerprint density at radius 2 is 1.89 bits per heavy atom. The number of nitrogens with two attached hydrogens (primary N) is 1. The van der Waals surface area contributed by atoms with E-state index in [0.717, 1.165) is 11.3 Å². The van der Waals surface area contributed by atoms with Gasteiger partial charge in [-0.3, -0.25) is 4.79 Å². The van der Waals surface area contributed by atoms with E-state index in [2.05, 4.69) is 13.8 Å². The van der Waals surface area contributed by atoms with Gasteiger partial charge in [-0.2, -0.15) is 0 Å². The first-order valence-electron chi connectivity index (χ1n) is 6.53. The monoisotopic (exact) mass is 265 g/mol. The second-order valence-corrected chi connectivity index (χ2v) is 4.91. The largest absolute Gasteiger partial charge is 0.496 e. The van der Waals surface area contributed by atoms with Crippen LogP contribution in [0.3, 0.4) is 0 Å². The van der Waals surface area contributed by atoms with Gasteiger partial charge < -0.3 is 15.2 Å². The summed E-state index contributed by atoms with van der Waals surface area (Å²) in [6, 6.07) is 7.82. The Kier molecular flexibility index (Phi) is 5.83. The Morgan fingerprint density at radius 1 is 1.26 bits per heavy atom. The number of rotatable bonds is 6. The summed E-state index contributed by atoms with van der Waals surface area (Å²) in [5.41, 5.74) is 6.35. The van der Waals surface area contributed by atoms with E-state index >= 15 is 0 Å². The zero-order chi connectivity index (χ0) is 14.4. The van der Waals surface area contributed by atoms with Crippen LogP contribution in [0.1, 0.15) is 32.3 Å². The Hall–Kier alpha value is -1.55. The summed E-state index contributed by atoms with van der Waals surface area (Å²) in [5, 5.41) is 0. The van der Waals surface area contributed by atoms with Crippen LogP contribution in [-0.2, 0) is 9.53 Å². The molecule has 19 heavy (non-hydrogen) atoms. The Balaban J connectivity index is 3.03. The number of hydrogen-bond donors (Lipinski definition) is 1. The van der Waals surface area contributed by atoms with Gasteiger partial charge in [-0.25, -0.2) is 0 Å². The van der Waals surface area contributed by atoms with Crippen molar-refractivity contribution in [2.45, 2.75) is 32.8 Å². The molecule has 0 aliphatic carbocycles.